The highest BCUT2D eigenvalue weighted by Crippen LogP contribution is 2.41. The minimum absolute atomic E-state index is 0.147. The zero-order valence-corrected chi connectivity index (χ0v) is 15.3. The van der Waals surface area contributed by atoms with Crippen molar-refractivity contribution in [1.29, 1.82) is 0 Å². The maximum absolute atomic E-state index is 13.1. The number of rotatable bonds is 5. The van der Waals surface area contributed by atoms with E-state index in [-0.39, 0.29) is 12.2 Å². The van der Waals surface area contributed by atoms with Crippen molar-refractivity contribution in [2.75, 3.05) is 0 Å². The predicted molar refractivity (Wildman–Crippen MR) is 94.6 cm³/mol. The average Bonchev–Trinajstić information content (AvgIpc) is 3.08. The van der Waals surface area contributed by atoms with Gasteiger partial charge in [-0.3, -0.25) is 4.79 Å². The van der Waals surface area contributed by atoms with Gasteiger partial charge in [-0.15, -0.1) is 0 Å². The van der Waals surface area contributed by atoms with E-state index in [1.54, 1.807) is 29.2 Å². The zero-order valence-electron chi connectivity index (χ0n) is 15.3. The third-order valence-electron chi connectivity index (χ3n) is 5.12. The van der Waals surface area contributed by atoms with E-state index in [1.807, 2.05) is 27.7 Å². The summed E-state index contributed by atoms with van der Waals surface area (Å²) in [6, 6.07) is 5.90. The van der Waals surface area contributed by atoms with Crippen LogP contribution in [0.5, 0.6) is 0 Å². The summed E-state index contributed by atoms with van der Waals surface area (Å²) in [4.78, 5) is 11.4. The number of carboxylic acids is 1. The van der Waals surface area contributed by atoms with Crippen molar-refractivity contribution < 1.29 is 23.6 Å². The van der Waals surface area contributed by atoms with Crippen LogP contribution in [-0.2, 0) is 14.1 Å². The van der Waals surface area contributed by atoms with Crippen LogP contribution in [0, 0.1) is 5.82 Å². The second-order valence-corrected chi connectivity index (χ2v) is 7.52. The summed E-state index contributed by atoms with van der Waals surface area (Å²) < 4.78 is 26.8. The van der Waals surface area contributed by atoms with Crippen LogP contribution in [-0.4, -0.2) is 39.2 Å². The van der Waals surface area contributed by atoms with Crippen molar-refractivity contribution in [3.05, 3.63) is 48.0 Å². The molecule has 0 spiro atoms. The number of carbonyl (C=O) groups is 1. The lowest BCUT2D eigenvalue weighted by atomic mass is 9.67. The number of carboxylic acid groups (broad SMARTS) is 1. The number of hydrogen-bond donors (Lipinski definition) is 1. The molecule has 1 saturated heterocycles. The second-order valence-electron chi connectivity index (χ2n) is 7.52. The van der Waals surface area contributed by atoms with Crippen LogP contribution in [0.3, 0.4) is 0 Å². The lowest BCUT2D eigenvalue weighted by Gasteiger charge is -2.32. The van der Waals surface area contributed by atoms with Gasteiger partial charge in [0.15, 0.2) is 0 Å². The summed E-state index contributed by atoms with van der Waals surface area (Å²) in [6.07, 6.45) is 3.18. The smallest absolute Gasteiger partial charge is 0.466 e. The molecule has 0 radical (unpaired) electrons. The molecular formula is C18H22BFN2O4. The van der Waals surface area contributed by atoms with Crippen LogP contribution in [0.25, 0.3) is 5.69 Å². The van der Waals surface area contributed by atoms with Crippen molar-refractivity contribution in [3.8, 4) is 5.69 Å². The lowest BCUT2D eigenvalue weighted by molar-refractivity contribution is -0.137. The topological polar surface area (TPSA) is 73.6 Å². The average molecular weight is 360 g/mol. The van der Waals surface area contributed by atoms with Crippen molar-refractivity contribution in [2.45, 2.75) is 51.1 Å². The third kappa shape index (κ3) is 3.52. The molecule has 2 heterocycles. The maximum Gasteiger partial charge on any atom is 0.466 e. The normalized spacial score (nSPS) is 19.5. The Kier molecular flexibility index (Phi) is 4.66. The van der Waals surface area contributed by atoms with Crippen molar-refractivity contribution in [2.24, 2.45) is 0 Å². The number of aromatic nitrogens is 2. The highest BCUT2D eigenvalue weighted by atomic mass is 19.1. The summed E-state index contributed by atoms with van der Waals surface area (Å²) in [6.45, 7) is 7.69. The molecule has 1 N–H and O–H groups in total. The Bertz CT molecular complexity index is 788. The van der Waals surface area contributed by atoms with Gasteiger partial charge in [-0.05, 0) is 57.5 Å². The standard InChI is InChI=1S/C18H22BFN2O4/c1-17(2)18(3,4)26-19(25-17)15(9-16(23)24)12-10-21-22(11-12)14-7-5-13(20)6-8-14/h5-8,10-11,15H,9H2,1-4H3,(H,23,24). The molecule has 1 atom stereocenters. The Morgan fingerprint density at radius 2 is 1.81 bits per heavy atom. The zero-order chi connectivity index (χ0) is 19.1. The quantitative estimate of drug-likeness (QED) is 0.829. The van der Waals surface area contributed by atoms with Crippen LogP contribution in [0.2, 0.25) is 0 Å². The Hall–Kier alpha value is -2.19. The maximum atomic E-state index is 13.1. The molecule has 0 saturated carbocycles. The van der Waals surface area contributed by atoms with Crippen molar-refractivity contribution in [1.82, 2.24) is 9.78 Å². The summed E-state index contributed by atoms with van der Waals surface area (Å²) in [5.74, 6) is -1.79. The van der Waals surface area contributed by atoms with Gasteiger partial charge in [0.25, 0.3) is 0 Å². The van der Waals surface area contributed by atoms with Crippen LogP contribution in [0.15, 0.2) is 36.7 Å². The van der Waals surface area contributed by atoms with Crippen LogP contribution in [0.1, 0.15) is 45.5 Å². The Morgan fingerprint density at radius 3 is 2.35 bits per heavy atom. The van der Waals surface area contributed by atoms with Crippen LogP contribution < -0.4 is 0 Å². The van der Waals surface area contributed by atoms with Gasteiger partial charge < -0.3 is 14.4 Å². The van der Waals surface area contributed by atoms with Crippen molar-refractivity contribution >= 4 is 13.1 Å². The molecule has 1 aliphatic heterocycles. The molecule has 1 aliphatic rings. The van der Waals surface area contributed by atoms with E-state index in [4.69, 9.17) is 9.31 Å². The number of hydrogen-bond acceptors (Lipinski definition) is 4. The number of nitrogens with zero attached hydrogens (tertiary/aromatic N) is 2. The Labute approximate surface area is 152 Å². The van der Waals surface area contributed by atoms with Gasteiger partial charge in [0, 0.05) is 12.0 Å². The van der Waals surface area contributed by atoms with Crippen LogP contribution in [0.4, 0.5) is 4.39 Å². The monoisotopic (exact) mass is 360 g/mol. The minimum Gasteiger partial charge on any atom is -0.481 e. The van der Waals surface area contributed by atoms with E-state index in [2.05, 4.69) is 5.10 Å². The lowest BCUT2D eigenvalue weighted by Crippen LogP contribution is -2.41. The van der Waals surface area contributed by atoms with E-state index in [0.29, 0.717) is 11.3 Å². The van der Waals surface area contributed by atoms with E-state index in [9.17, 15) is 14.3 Å². The first-order valence-corrected chi connectivity index (χ1v) is 8.47. The fourth-order valence-electron chi connectivity index (χ4n) is 2.88. The van der Waals surface area contributed by atoms with E-state index < -0.39 is 30.1 Å². The highest BCUT2D eigenvalue weighted by molar-refractivity contribution is 6.48. The van der Waals surface area contributed by atoms with Gasteiger partial charge in [-0.25, -0.2) is 9.07 Å². The van der Waals surface area contributed by atoms with E-state index >= 15 is 0 Å². The molecule has 3 rings (SSSR count). The first-order valence-electron chi connectivity index (χ1n) is 8.47. The highest BCUT2D eigenvalue weighted by Gasteiger charge is 2.54. The van der Waals surface area contributed by atoms with E-state index in [1.165, 1.54) is 12.1 Å². The molecule has 138 valence electrons. The predicted octanol–water partition coefficient (Wildman–Crippen LogP) is 3.20. The molecule has 6 nitrogen and oxygen atoms in total. The molecule has 0 bridgehead atoms. The first-order chi connectivity index (χ1) is 12.1. The summed E-state index contributed by atoms with van der Waals surface area (Å²) in [5.41, 5.74) is 0.263. The molecule has 1 aromatic heterocycles. The number of halogens is 1. The molecule has 26 heavy (non-hydrogen) atoms. The molecule has 0 amide bonds. The fraction of sp³-hybridized carbons (Fsp3) is 0.444. The molecule has 1 unspecified atom stereocenters. The summed E-state index contributed by atoms with van der Waals surface area (Å²) in [5, 5.41) is 13.6. The molecule has 0 aliphatic carbocycles. The van der Waals surface area contributed by atoms with Gasteiger partial charge in [0.2, 0.25) is 0 Å². The number of benzene rings is 1. The SMILES string of the molecule is CC1(C)OB(C(CC(=O)O)c2cnn(-c3ccc(F)cc3)c2)OC1(C)C. The molecule has 1 aromatic carbocycles. The van der Waals surface area contributed by atoms with Gasteiger partial charge in [-0.2, -0.15) is 5.10 Å². The molecule has 1 fully saturated rings. The third-order valence-corrected chi connectivity index (χ3v) is 5.12. The summed E-state index contributed by atoms with van der Waals surface area (Å²) >= 11 is 0. The van der Waals surface area contributed by atoms with Gasteiger partial charge >= 0.3 is 13.1 Å². The molecule has 8 heteroatoms. The van der Waals surface area contributed by atoms with Gasteiger partial charge in [0.05, 0.1) is 29.5 Å². The Balaban J connectivity index is 1.90. The largest absolute Gasteiger partial charge is 0.481 e. The molecular weight excluding hydrogens is 338 g/mol. The first kappa shape index (κ1) is 18.6. The molecule has 2 aromatic rings. The number of aliphatic carboxylic acids is 1. The fourth-order valence-corrected chi connectivity index (χ4v) is 2.88. The van der Waals surface area contributed by atoms with E-state index in [0.717, 1.165) is 0 Å². The Morgan fingerprint density at radius 1 is 1.23 bits per heavy atom. The van der Waals surface area contributed by atoms with Gasteiger partial charge in [0.1, 0.15) is 5.82 Å². The van der Waals surface area contributed by atoms with Crippen LogP contribution >= 0.6 is 0 Å². The second kappa shape index (κ2) is 6.52. The minimum atomic E-state index is -0.945. The van der Waals surface area contributed by atoms with Crippen molar-refractivity contribution in [3.63, 3.8) is 0 Å². The van der Waals surface area contributed by atoms with Gasteiger partial charge in [-0.1, -0.05) is 0 Å². The summed E-state index contributed by atoms with van der Waals surface area (Å²) in [7, 11) is -0.693.